The van der Waals surface area contributed by atoms with Gasteiger partial charge in [0, 0.05) is 27.9 Å². The summed E-state index contributed by atoms with van der Waals surface area (Å²) < 4.78 is 15.1. The fourth-order valence-corrected chi connectivity index (χ4v) is 4.20. The lowest BCUT2D eigenvalue weighted by molar-refractivity contribution is 0.0951. The number of nitrogens with one attached hydrogen (secondary N) is 2. The smallest absolute Gasteiger partial charge is 0.251 e. The monoisotopic (exact) mass is 406 g/mol. The van der Waals surface area contributed by atoms with E-state index in [1.807, 2.05) is 17.5 Å². The summed E-state index contributed by atoms with van der Waals surface area (Å²) in [6.07, 6.45) is 1.93. The zero-order chi connectivity index (χ0) is 20.0. The molecule has 0 bridgehead atoms. The van der Waals surface area contributed by atoms with Crippen molar-refractivity contribution in [3.8, 4) is 11.3 Å². The van der Waals surface area contributed by atoms with E-state index in [0.29, 0.717) is 23.1 Å². The van der Waals surface area contributed by atoms with Crippen LogP contribution in [-0.2, 0) is 6.54 Å². The minimum atomic E-state index is -0.272. The van der Waals surface area contributed by atoms with Crippen molar-refractivity contribution in [1.29, 1.82) is 0 Å². The number of aromatic amines is 1. The number of hydrogen-bond acceptors (Lipinski definition) is 5. The number of halogens is 1. The van der Waals surface area contributed by atoms with Gasteiger partial charge in [0.25, 0.3) is 5.91 Å². The predicted molar refractivity (Wildman–Crippen MR) is 108 cm³/mol. The van der Waals surface area contributed by atoms with Crippen LogP contribution in [0.1, 0.15) is 20.9 Å². The first-order chi connectivity index (χ1) is 14.1. The fourth-order valence-electron chi connectivity index (χ4n) is 3.16. The topological polar surface area (TPSA) is 88.0 Å². The van der Waals surface area contributed by atoms with Gasteiger partial charge in [-0.25, -0.2) is 9.37 Å². The number of fused-ring (bicyclic) bond motifs is 2. The highest BCUT2D eigenvalue weighted by molar-refractivity contribution is 7.17. The number of thiazole rings is 1. The van der Waals surface area contributed by atoms with Crippen molar-refractivity contribution < 1.29 is 9.18 Å². The molecule has 0 radical (unpaired) electrons. The Morgan fingerprint density at radius 2 is 1.97 bits per heavy atom. The predicted octanol–water partition coefficient (Wildman–Crippen LogP) is 3.71. The number of aryl methyl sites for hydroxylation is 1. The van der Waals surface area contributed by atoms with Crippen LogP contribution >= 0.6 is 11.3 Å². The molecule has 0 atom stereocenters. The van der Waals surface area contributed by atoms with Crippen molar-refractivity contribution in [2.45, 2.75) is 13.5 Å². The van der Waals surface area contributed by atoms with Gasteiger partial charge in [0.15, 0.2) is 4.96 Å². The molecule has 2 aromatic carbocycles. The molecule has 0 aliphatic heterocycles. The molecule has 2 N–H and O–H groups in total. The largest absolute Gasteiger partial charge is 0.347 e. The van der Waals surface area contributed by atoms with Crippen molar-refractivity contribution in [2.75, 3.05) is 0 Å². The Labute approximate surface area is 168 Å². The zero-order valence-electron chi connectivity index (χ0n) is 15.3. The number of benzene rings is 2. The van der Waals surface area contributed by atoms with Crippen LogP contribution in [0.25, 0.3) is 27.3 Å². The van der Waals surface area contributed by atoms with E-state index in [1.54, 1.807) is 30.3 Å². The second-order valence-electron chi connectivity index (χ2n) is 6.61. The molecule has 3 aromatic heterocycles. The van der Waals surface area contributed by atoms with Crippen LogP contribution in [0.15, 0.2) is 48.7 Å². The highest BCUT2D eigenvalue weighted by atomic mass is 32.1. The quantitative estimate of drug-likeness (QED) is 0.476. The average Bonchev–Trinajstić information content (AvgIpc) is 3.42. The first kappa shape index (κ1) is 17.5. The molecule has 0 aliphatic carbocycles. The lowest BCUT2D eigenvalue weighted by Gasteiger charge is -2.04. The number of aromatic nitrogens is 5. The van der Waals surface area contributed by atoms with Crippen molar-refractivity contribution >= 4 is 33.2 Å². The van der Waals surface area contributed by atoms with Gasteiger partial charge in [-0.15, -0.1) is 0 Å². The third-order valence-corrected chi connectivity index (χ3v) is 5.94. The van der Waals surface area contributed by atoms with E-state index in [9.17, 15) is 9.18 Å². The third kappa shape index (κ3) is 3.15. The maximum absolute atomic E-state index is 13.1. The molecule has 0 spiro atoms. The van der Waals surface area contributed by atoms with Crippen molar-refractivity contribution in [2.24, 2.45) is 0 Å². The third-order valence-electron chi connectivity index (χ3n) is 4.78. The van der Waals surface area contributed by atoms with Crippen LogP contribution < -0.4 is 5.32 Å². The molecule has 5 rings (SSSR count). The Morgan fingerprint density at radius 3 is 2.76 bits per heavy atom. The number of rotatable bonds is 4. The average molecular weight is 406 g/mol. The normalized spacial score (nSPS) is 11.4. The number of H-pyrrole nitrogens is 1. The van der Waals surface area contributed by atoms with E-state index in [2.05, 4.69) is 25.7 Å². The molecular formula is C20H15FN6OS. The standard InChI is InChI=1S/C20H15FN6OS/c1-11-18(9-22-19(28)13-4-7-15-16(8-13)25-26-24-15)29-20-23-17(10-27(11)20)12-2-5-14(21)6-3-12/h2-8,10H,9H2,1H3,(H,22,28)(H,24,25,26). The van der Waals surface area contributed by atoms with Gasteiger partial charge < -0.3 is 5.32 Å². The maximum Gasteiger partial charge on any atom is 0.251 e. The number of hydrogen-bond donors (Lipinski definition) is 2. The summed E-state index contributed by atoms with van der Waals surface area (Å²) in [7, 11) is 0. The van der Waals surface area contributed by atoms with Gasteiger partial charge in [0.2, 0.25) is 0 Å². The lowest BCUT2D eigenvalue weighted by Crippen LogP contribution is -2.22. The first-order valence-electron chi connectivity index (χ1n) is 8.90. The van der Waals surface area contributed by atoms with E-state index in [1.165, 1.54) is 23.5 Å². The summed E-state index contributed by atoms with van der Waals surface area (Å²) in [5.74, 6) is -0.445. The molecular weight excluding hydrogens is 391 g/mol. The molecule has 0 fully saturated rings. The number of nitrogens with zero attached hydrogens (tertiary/aromatic N) is 4. The maximum atomic E-state index is 13.1. The second-order valence-corrected chi connectivity index (χ2v) is 7.67. The molecule has 29 heavy (non-hydrogen) atoms. The first-order valence-corrected chi connectivity index (χ1v) is 9.72. The summed E-state index contributed by atoms with van der Waals surface area (Å²) in [5, 5.41) is 13.5. The molecule has 5 aromatic rings. The Kier molecular flexibility index (Phi) is 4.09. The zero-order valence-corrected chi connectivity index (χ0v) is 16.1. The molecule has 3 heterocycles. The summed E-state index contributed by atoms with van der Waals surface area (Å²) in [6.45, 7) is 2.39. The molecule has 7 nitrogen and oxygen atoms in total. The van der Waals surface area contributed by atoms with Crippen LogP contribution in [0.5, 0.6) is 0 Å². The summed E-state index contributed by atoms with van der Waals surface area (Å²) in [6, 6.07) is 11.5. The van der Waals surface area contributed by atoms with E-state index < -0.39 is 0 Å². The minimum absolute atomic E-state index is 0.174. The van der Waals surface area contributed by atoms with Crippen LogP contribution in [0.2, 0.25) is 0 Å². The number of carbonyl (C=O) groups is 1. The number of amides is 1. The number of carbonyl (C=O) groups excluding carboxylic acids is 1. The van der Waals surface area contributed by atoms with Crippen molar-refractivity contribution in [3.63, 3.8) is 0 Å². The van der Waals surface area contributed by atoms with Crippen LogP contribution in [-0.4, -0.2) is 30.7 Å². The van der Waals surface area contributed by atoms with Gasteiger partial charge in [0.1, 0.15) is 16.9 Å². The molecule has 0 saturated heterocycles. The van der Waals surface area contributed by atoms with E-state index in [-0.39, 0.29) is 11.7 Å². The molecule has 144 valence electrons. The number of imidazole rings is 1. The Hall–Kier alpha value is -3.59. The van der Waals surface area contributed by atoms with Gasteiger partial charge in [-0.2, -0.15) is 15.4 Å². The van der Waals surface area contributed by atoms with Crippen LogP contribution in [0.3, 0.4) is 0 Å². The summed E-state index contributed by atoms with van der Waals surface area (Å²) in [5.41, 5.74) is 4.56. The molecule has 0 saturated carbocycles. The van der Waals surface area contributed by atoms with Crippen molar-refractivity contribution in [1.82, 2.24) is 30.1 Å². The minimum Gasteiger partial charge on any atom is -0.347 e. The Morgan fingerprint density at radius 1 is 1.17 bits per heavy atom. The van der Waals surface area contributed by atoms with Gasteiger partial charge in [-0.1, -0.05) is 11.3 Å². The molecule has 0 unspecified atom stereocenters. The van der Waals surface area contributed by atoms with Gasteiger partial charge in [0.05, 0.1) is 12.2 Å². The molecule has 9 heteroatoms. The summed E-state index contributed by atoms with van der Waals surface area (Å²) in [4.78, 5) is 19.0. The van der Waals surface area contributed by atoms with Gasteiger partial charge >= 0.3 is 0 Å². The van der Waals surface area contributed by atoms with E-state index >= 15 is 0 Å². The Balaban J connectivity index is 1.35. The Bertz CT molecular complexity index is 1350. The second kappa shape index (κ2) is 6.78. The van der Waals surface area contributed by atoms with E-state index in [0.717, 1.165) is 26.8 Å². The van der Waals surface area contributed by atoms with Gasteiger partial charge in [-0.3, -0.25) is 9.20 Å². The highest BCUT2D eigenvalue weighted by Gasteiger charge is 2.14. The SMILES string of the molecule is Cc1c(CNC(=O)c2ccc3n[nH]nc3c2)sc2nc(-c3ccc(F)cc3)cn12. The van der Waals surface area contributed by atoms with E-state index in [4.69, 9.17) is 0 Å². The lowest BCUT2D eigenvalue weighted by atomic mass is 10.2. The molecule has 0 aliphatic rings. The fraction of sp³-hybridized carbons (Fsp3) is 0.100. The van der Waals surface area contributed by atoms with Crippen molar-refractivity contribution in [3.05, 3.63) is 70.6 Å². The van der Waals surface area contributed by atoms with Gasteiger partial charge in [-0.05, 0) is 49.4 Å². The van der Waals surface area contributed by atoms with Crippen LogP contribution in [0.4, 0.5) is 4.39 Å². The molecule has 1 amide bonds. The summed E-state index contributed by atoms with van der Waals surface area (Å²) >= 11 is 1.52. The van der Waals surface area contributed by atoms with Crippen LogP contribution in [0, 0.1) is 12.7 Å². The highest BCUT2D eigenvalue weighted by Crippen LogP contribution is 2.27.